The smallest absolute Gasteiger partial charge is 0.263 e. The van der Waals surface area contributed by atoms with Crippen LogP contribution in [-0.2, 0) is 10.0 Å². The first kappa shape index (κ1) is 19.2. The molecule has 0 saturated carbocycles. The topological polar surface area (TPSA) is 72.2 Å². The lowest BCUT2D eigenvalue weighted by atomic mass is 10.1. The van der Waals surface area contributed by atoms with Crippen molar-refractivity contribution in [1.82, 2.24) is 4.98 Å². The summed E-state index contributed by atoms with van der Waals surface area (Å²) in [6.07, 6.45) is 1.58. The Morgan fingerprint density at radius 3 is 2.45 bits per heavy atom. The molecule has 0 bridgehead atoms. The molecule has 146 valence electrons. The van der Waals surface area contributed by atoms with Crippen molar-refractivity contribution in [2.45, 2.75) is 11.8 Å². The van der Waals surface area contributed by atoms with Gasteiger partial charge in [-0.15, -0.1) is 0 Å². The van der Waals surface area contributed by atoms with Gasteiger partial charge in [0.1, 0.15) is 16.9 Å². The first-order valence-electron chi connectivity index (χ1n) is 8.83. The second kappa shape index (κ2) is 7.73. The molecule has 0 amide bonds. The molecule has 29 heavy (non-hydrogen) atoms. The van der Waals surface area contributed by atoms with Crippen LogP contribution in [0.4, 0.5) is 5.69 Å². The fourth-order valence-corrected chi connectivity index (χ4v) is 4.42. The van der Waals surface area contributed by atoms with Gasteiger partial charge in [-0.2, -0.15) is 0 Å². The highest BCUT2D eigenvalue weighted by Gasteiger charge is 2.18. The molecule has 0 aliphatic heterocycles. The number of aryl methyl sites for hydroxylation is 1. The Bertz CT molecular complexity index is 1270. The summed E-state index contributed by atoms with van der Waals surface area (Å²) in [4.78, 5) is 4.54. The van der Waals surface area contributed by atoms with Gasteiger partial charge in [0.15, 0.2) is 0 Å². The van der Waals surface area contributed by atoms with E-state index in [0.717, 1.165) is 11.1 Å². The molecule has 3 aromatic carbocycles. The Kier molecular flexibility index (Phi) is 5.13. The molecule has 4 aromatic rings. The maximum atomic E-state index is 12.7. The zero-order chi connectivity index (χ0) is 20.4. The average Bonchev–Trinajstić information content (AvgIpc) is 3.19. The van der Waals surface area contributed by atoms with E-state index >= 15 is 0 Å². The minimum atomic E-state index is -3.82. The van der Waals surface area contributed by atoms with Crippen LogP contribution < -0.4 is 4.72 Å². The fraction of sp³-hybridized carbons (Fsp3) is 0.0455. The number of rotatable bonds is 5. The Labute approximate surface area is 174 Å². The highest BCUT2D eigenvalue weighted by Crippen LogP contribution is 2.28. The van der Waals surface area contributed by atoms with Crippen LogP contribution in [0, 0.1) is 6.92 Å². The zero-order valence-corrected chi connectivity index (χ0v) is 17.0. The van der Waals surface area contributed by atoms with Gasteiger partial charge in [-0.25, -0.2) is 13.4 Å². The van der Waals surface area contributed by atoms with Gasteiger partial charge in [0.05, 0.1) is 5.02 Å². The van der Waals surface area contributed by atoms with E-state index in [1.807, 2.05) is 31.2 Å². The minimum absolute atomic E-state index is 0.0184. The molecule has 0 atom stereocenters. The van der Waals surface area contributed by atoms with Gasteiger partial charge >= 0.3 is 0 Å². The summed E-state index contributed by atoms with van der Waals surface area (Å²) >= 11 is 6.03. The third-order valence-electron chi connectivity index (χ3n) is 4.34. The van der Waals surface area contributed by atoms with Crippen LogP contribution in [-0.4, -0.2) is 13.4 Å². The van der Waals surface area contributed by atoms with Crippen LogP contribution in [0.15, 0.2) is 88.4 Å². The maximum absolute atomic E-state index is 12.7. The fourth-order valence-electron chi connectivity index (χ4n) is 2.85. The number of anilines is 1. The molecular formula is C22H17ClN2O3S. The number of hydrogen-bond donors (Lipinski definition) is 1. The van der Waals surface area contributed by atoms with Crippen molar-refractivity contribution in [3.05, 3.63) is 89.6 Å². The Morgan fingerprint density at radius 1 is 0.931 bits per heavy atom. The van der Waals surface area contributed by atoms with Crippen LogP contribution in [0.2, 0.25) is 5.02 Å². The summed E-state index contributed by atoms with van der Waals surface area (Å²) in [5.41, 5.74) is 3.86. The van der Waals surface area contributed by atoms with Crippen LogP contribution >= 0.6 is 11.6 Å². The molecule has 5 nitrogen and oxygen atoms in total. The lowest BCUT2D eigenvalue weighted by Crippen LogP contribution is -2.13. The molecule has 4 rings (SSSR count). The molecule has 0 radical (unpaired) electrons. The van der Waals surface area contributed by atoms with E-state index in [4.69, 9.17) is 16.0 Å². The zero-order valence-electron chi connectivity index (χ0n) is 15.5. The largest absolute Gasteiger partial charge is 0.444 e. The van der Waals surface area contributed by atoms with Crippen molar-refractivity contribution < 1.29 is 12.8 Å². The monoisotopic (exact) mass is 424 g/mol. The third kappa shape index (κ3) is 4.18. The van der Waals surface area contributed by atoms with Crippen LogP contribution in [0.25, 0.3) is 22.7 Å². The van der Waals surface area contributed by atoms with E-state index in [-0.39, 0.29) is 9.92 Å². The van der Waals surface area contributed by atoms with Crippen molar-refractivity contribution in [3.63, 3.8) is 0 Å². The highest BCUT2D eigenvalue weighted by atomic mass is 35.5. The minimum Gasteiger partial charge on any atom is -0.444 e. The Balaban J connectivity index is 1.61. The molecular weight excluding hydrogens is 408 g/mol. The number of halogens is 1. The van der Waals surface area contributed by atoms with Crippen LogP contribution in [0.1, 0.15) is 5.56 Å². The van der Waals surface area contributed by atoms with E-state index in [0.29, 0.717) is 22.8 Å². The van der Waals surface area contributed by atoms with Crippen LogP contribution in [0.3, 0.4) is 0 Å². The van der Waals surface area contributed by atoms with Gasteiger partial charge in [-0.05, 0) is 37.3 Å². The third-order valence-corrected chi connectivity index (χ3v) is 6.22. The molecule has 0 saturated heterocycles. The SMILES string of the molecule is Cc1ccc(-c2coc(-c3cccc(NS(=O)(=O)c4ccccc4Cl)c3)n2)cc1. The van der Waals surface area contributed by atoms with Gasteiger partial charge in [-0.1, -0.05) is 59.6 Å². The number of oxazole rings is 1. The van der Waals surface area contributed by atoms with Crippen molar-refractivity contribution in [3.8, 4) is 22.7 Å². The van der Waals surface area contributed by atoms with E-state index in [2.05, 4.69) is 9.71 Å². The van der Waals surface area contributed by atoms with E-state index < -0.39 is 10.0 Å². The molecule has 1 heterocycles. The van der Waals surface area contributed by atoms with Crippen LogP contribution in [0.5, 0.6) is 0 Å². The predicted octanol–water partition coefficient (Wildman–Crippen LogP) is 5.77. The maximum Gasteiger partial charge on any atom is 0.263 e. The van der Waals surface area contributed by atoms with E-state index in [1.54, 1.807) is 42.7 Å². The van der Waals surface area contributed by atoms with Crippen molar-refractivity contribution in [1.29, 1.82) is 0 Å². The lowest BCUT2D eigenvalue weighted by molar-refractivity contribution is 0.575. The average molecular weight is 425 g/mol. The number of aromatic nitrogens is 1. The second-order valence-electron chi connectivity index (χ2n) is 6.52. The summed E-state index contributed by atoms with van der Waals surface area (Å²) in [6.45, 7) is 2.02. The first-order valence-corrected chi connectivity index (χ1v) is 10.7. The number of benzene rings is 3. The van der Waals surface area contributed by atoms with Gasteiger partial charge < -0.3 is 4.42 Å². The Hall–Kier alpha value is -3.09. The molecule has 0 fully saturated rings. The molecule has 1 aromatic heterocycles. The molecule has 0 spiro atoms. The summed E-state index contributed by atoms with van der Waals surface area (Å²) in [7, 11) is -3.82. The van der Waals surface area contributed by atoms with Crippen molar-refractivity contribution in [2.24, 2.45) is 0 Å². The molecule has 1 N–H and O–H groups in total. The quantitative estimate of drug-likeness (QED) is 0.441. The van der Waals surface area contributed by atoms with Gasteiger partial charge in [-0.3, -0.25) is 4.72 Å². The second-order valence-corrected chi connectivity index (χ2v) is 8.58. The molecule has 0 aliphatic carbocycles. The molecule has 0 aliphatic rings. The van der Waals surface area contributed by atoms with Gasteiger partial charge in [0.25, 0.3) is 10.0 Å². The number of sulfonamides is 1. The summed E-state index contributed by atoms with van der Waals surface area (Å²) in [5.74, 6) is 0.402. The van der Waals surface area contributed by atoms with Crippen molar-refractivity contribution >= 4 is 27.3 Å². The summed E-state index contributed by atoms with van der Waals surface area (Å²) in [5, 5.41) is 0.159. The molecule has 0 unspecified atom stereocenters. The normalized spacial score (nSPS) is 11.4. The summed E-state index contributed by atoms with van der Waals surface area (Å²) < 4.78 is 33.5. The van der Waals surface area contributed by atoms with Crippen molar-refractivity contribution in [2.75, 3.05) is 4.72 Å². The molecule has 7 heteroatoms. The standard InChI is InChI=1S/C22H17ClN2O3S/c1-15-9-11-16(12-10-15)20-14-28-22(24-20)17-5-4-6-18(13-17)25-29(26,27)21-8-3-2-7-19(21)23/h2-14,25H,1H3. The van der Waals surface area contributed by atoms with Gasteiger partial charge in [0.2, 0.25) is 5.89 Å². The Morgan fingerprint density at radius 2 is 1.69 bits per heavy atom. The van der Waals surface area contributed by atoms with E-state index in [9.17, 15) is 8.42 Å². The number of nitrogens with zero attached hydrogens (tertiary/aromatic N) is 1. The lowest BCUT2D eigenvalue weighted by Gasteiger charge is -2.10. The van der Waals surface area contributed by atoms with Gasteiger partial charge in [0, 0.05) is 16.8 Å². The summed E-state index contributed by atoms with van der Waals surface area (Å²) in [6, 6.07) is 21.1. The number of hydrogen-bond acceptors (Lipinski definition) is 4. The predicted molar refractivity (Wildman–Crippen MR) is 114 cm³/mol. The number of nitrogens with one attached hydrogen (secondary N) is 1. The first-order chi connectivity index (χ1) is 13.9. The highest BCUT2D eigenvalue weighted by molar-refractivity contribution is 7.92. The van der Waals surface area contributed by atoms with E-state index in [1.165, 1.54) is 12.1 Å².